The summed E-state index contributed by atoms with van der Waals surface area (Å²) in [6.07, 6.45) is 2.91. The van der Waals surface area contributed by atoms with Crippen LogP contribution in [0.15, 0.2) is 48.5 Å². The molecule has 0 saturated carbocycles. The zero-order valence-electron chi connectivity index (χ0n) is 12.5. The summed E-state index contributed by atoms with van der Waals surface area (Å²) in [6, 6.07) is 11.0. The van der Waals surface area contributed by atoms with E-state index in [4.69, 9.17) is 35.4 Å². The first-order valence-electron chi connectivity index (χ1n) is 6.85. The summed E-state index contributed by atoms with van der Waals surface area (Å²) in [6.45, 7) is 0. The van der Waals surface area contributed by atoms with Gasteiger partial charge in [-0.15, -0.1) is 0 Å². The highest BCUT2D eigenvalue weighted by atomic mass is 35.5. The maximum atomic E-state index is 11.8. The molecule has 2 rings (SSSR count). The fourth-order valence-corrected chi connectivity index (χ4v) is 2.32. The van der Waals surface area contributed by atoms with Gasteiger partial charge in [0.25, 0.3) is 5.69 Å². The van der Waals surface area contributed by atoms with Crippen molar-refractivity contribution in [3.63, 3.8) is 0 Å². The maximum Gasteiger partial charge on any atom is 0.289 e. The van der Waals surface area contributed by atoms with Crippen LogP contribution in [0.2, 0.25) is 10.0 Å². The summed E-state index contributed by atoms with van der Waals surface area (Å²) in [5.74, 6) is -0.448. The average Bonchev–Trinajstić information content (AvgIpc) is 2.55. The Morgan fingerprint density at radius 2 is 1.84 bits per heavy atom. The second-order valence-electron chi connectivity index (χ2n) is 4.75. The largest absolute Gasteiger partial charge is 0.332 e. The third-order valence-electron chi connectivity index (χ3n) is 2.93. The molecule has 6 nitrogen and oxygen atoms in total. The first kappa shape index (κ1) is 18.9. The predicted octanol–water partition coefficient (Wildman–Crippen LogP) is 4.43. The van der Waals surface area contributed by atoms with Gasteiger partial charge in [-0.1, -0.05) is 35.3 Å². The molecule has 2 aromatic carbocycles. The number of hydrogen-bond donors (Lipinski definition) is 2. The van der Waals surface area contributed by atoms with Gasteiger partial charge in [0, 0.05) is 22.9 Å². The van der Waals surface area contributed by atoms with Crippen LogP contribution >= 0.6 is 35.4 Å². The number of nitro groups is 1. The molecule has 0 fully saturated rings. The molecule has 0 aromatic heterocycles. The Bertz CT molecular complexity index is 854. The standard InChI is InChI=1S/C16H11Cl2N3O3S/c17-11-4-1-10(2-5-11)3-8-15(22)20-16(25)19-12-6-7-13(18)14(9-12)21(23)24/h1-9H,(H2,19,20,22,25)/b8-3+. The molecule has 0 unspecified atom stereocenters. The van der Waals surface area contributed by atoms with E-state index >= 15 is 0 Å². The third kappa shape index (κ3) is 5.82. The lowest BCUT2D eigenvalue weighted by molar-refractivity contribution is -0.384. The minimum atomic E-state index is -0.607. The first-order valence-corrected chi connectivity index (χ1v) is 8.01. The van der Waals surface area contributed by atoms with Crippen molar-refractivity contribution in [2.24, 2.45) is 0 Å². The normalized spacial score (nSPS) is 10.5. The number of anilines is 1. The van der Waals surface area contributed by atoms with Gasteiger partial charge < -0.3 is 5.32 Å². The Kier molecular flexibility index (Phi) is 6.46. The molecule has 2 aromatic rings. The molecular weight excluding hydrogens is 385 g/mol. The van der Waals surface area contributed by atoms with Crippen molar-refractivity contribution < 1.29 is 9.72 Å². The minimum Gasteiger partial charge on any atom is -0.332 e. The van der Waals surface area contributed by atoms with E-state index in [2.05, 4.69) is 10.6 Å². The lowest BCUT2D eigenvalue weighted by Crippen LogP contribution is -2.32. The number of carbonyl (C=O) groups excluding carboxylic acids is 1. The summed E-state index contributed by atoms with van der Waals surface area (Å²) >= 11 is 16.5. The summed E-state index contributed by atoms with van der Waals surface area (Å²) in [4.78, 5) is 22.1. The number of nitrogens with zero attached hydrogens (tertiary/aromatic N) is 1. The van der Waals surface area contributed by atoms with Gasteiger partial charge >= 0.3 is 0 Å². The predicted molar refractivity (Wildman–Crippen MR) is 103 cm³/mol. The lowest BCUT2D eigenvalue weighted by atomic mass is 10.2. The number of thiocarbonyl (C=S) groups is 1. The zero-order chi connectivity index (χ0) is 18.4. The summed E-state index contributed by atoms with van der Waals surface area (Å²) < 4.78 is 0. The van der Waals surface area contributed by atoms with Crippen molar-refractivity contribution in [1.82, 2.24) is 5.32 Å². The van der Waals surface area contributed by atoms with Gasteiger partial charge in [-0.2, -0.15) is 0 Å². The summed E-state index contributed by atoms with van der Waals surface area (Å²) in [5, 5.41) is 16.6. The van der Waals surface area contributed by atoms with Crippen LogP contribution in [0.4, 0.5) is 11.4 Å². The number of benzene rings is 2. The molecular formula is C16H11Cl2N3O3S. The number of nitrogens with one attached hydrogen (secondary N) is 2. The Balaban J connectivity index is 1.95. The SMILES string of the molecule is O=C(/C=C/c1ccc(Cl)cc1)NC(=S)Nc1ccc(Cl)c([N+](=O)[O-])c1. The fourth-order valence-electron chi connectivity index (χ4n) is 1.79. The quantitative estimate of drug-likeness (QED) is 0.346. The monoisotopic (exact) mass is 395 g/mol. The smallest absolute Gasteiger partial charge is 0.289 e. The number of amides is 1. The van der Waals surface area contributed by atoms with Gasteiger partial charge in [-0.3, -0.25) is 20.2 Å². The molecule has 2 N–H and O–H groups in total. The van der Waals surface area contributed by atoms with Crippen LogP contribution in [0.3, 0.4) is 0 Å². The number of nitro benzene ring substituents is 1. The second kappa shape index (κ2) is 8.57. The Hall–Kier alpha value is -2.48. The molecule has 0 bridgehead atoms. The Labute approximate surface area is 158 Å². The van der Waals surface area contributed by atoms with Crippen LogP contribution in [0.1, 0.15) is 5.56 Å². The highest BCUT2D eigenvalue weighted by Crippen LogP contribution is 2.27. The van der Waals surface area contributed by atoms with E-state index in [0.717, 1.165) is 5.56 Å². The molecule has 0 aliphatic rings. The Morgan fingerprint density at radius 3 is 2.48 bits per heavy atom. The number of halogens is 2. The van der Waals surface area contributed by atoms with E-state index in [1.54, 1.807) is 30.3 Å². The van der Waals surface area contributed by atoms with Crippen molar-refractivity contribution in [2.45, 2.75) is 0 Å². The van der Waals surface area contributed by atoms with Crippen LogP contribution in [0, 0.1) is 10.1 Å². The van der Waals surface area contributed by atoms with Crippen LogP contribution in [0.5, 0.6) is 0 Å². The van der Waals surface area contributed by atoms with Crippen molar-refractivity contribution >= 4 is 63.9 Å². The molecule has 0 heterocycles. The molecule has 0 atom stereocenters. The highest BCUT2D eigenvalue weighted by Gasteiger charge is 2.13. The van der Waals surface area contributed by atoms with E-state index in [1.807, 2.05) is 0 Å². The molecule has 128 valence electrons. The van der Waals surface area contributed by atoms with Crippen molar-refractivity contribution in [3.05, 3.63) is 74.3 Å². The minimum absolute atomic E-state index is 0.00220. The first-order chi connectivity index (χ1) is 11.8. The van der Waals surface area contributed by atoms with Gasteiger partial charge in [0.15, 0.2) is 5.11 Å². The molecule has 9 heteroatoms. The topological polar surface area (TPSA) is 84.3 Å². The van der Waals surface area contributed by atoms with Crippen molar-refractivity contribution in [2.75, 3.05) is 5.32 Å². The Morgan fingerprint density at radius 1 is 1.16 bits per heavy atom. The van der Waals surface area contributed by atoms with Crippen molar-refractivity contribution in [3.8, 4) is 0 Å². The maximum absolute atomic E-state index is 11.8. The van der Waals surface area contributed by atoms with Crippen LogP contribution in [-0.4, -0.2) is 15.9 Å². The molecule has 1 amide bonds. The zero-order valence-corrected chi connectivity index (χ0v) is 14.9. The van der Waals surface area contributed by atoms with E-state index in [1.165, 1.54) is 24.3 Å². The molecule has 0 spiro atoms. The van der Waals surface area contributed by atoms with E-state index < -0.39 is 10.8 Å². The average molecular weight is 396 g/mol. The van der Waals surface area contributed by atoms with Crippen molar-refractivity contribution in [1.29, 1.82) is 0 Å². The van der Waals surface area contributed by atoms with E-state index in [0.29, 0.717) is 10.7 Å². The summed E-state index contributed by atoms with van der Waals surface area (Å²) in [5.41, 5.74) is 0.873. The third-order valence-corrected chi connectivity index (χ3v) is 3.71. The van der Waals surface area contributed by atoms with Crippen LogP contribution in [-0.2, 0) is 4.79 Å². The number of rotatable bonds is 4. The molecule has 25 heavy (non-hydrogen) atoms. The summed E-state index contributed by atoms with van der Waals surface area (Å²) in [7, 11) is 0. The van der Waals surface area contributed by atoms with Gasteiger partial charge in [0.2, 0.25) is 5.91 Å². The highest BCUT2D eigenvalue weighted by molar-refractivity contribution is 7.80. The van der Waals surface area contributed by atoms with E-state index in [9.17, 15) is 14.9 Å². The van der Waals surface area contributed by atoms with Crippen LogP contribution < -0.4 is 10.6 Å². The fraction of sp³-hybridized carbons (Fsp3) is 0. The molecule has 0 aliphatic heterocycles. The number of carbonyl (C=O) groups is 1. The van der Waals surface area contributed by atoms with Gasteiger partial charge in [0.1, 0.15) is 5.02 Å². The van der Waals surface area contributed by atoms with Gasteiger partial charge in [-0.25, -0.2) is 0 Å². The molecule has 0 saturated heterocycles. The molecule has 0 aliphatic carbocycles. The van der Waals surface area contributed by atoms with Crippen LogP contribution in [0.25, 0.3) is 6.08 Å². The lowest BCUT2D eigenvalue weighted by Gasteiger charge is -2.08. The van der Waals surface area contributed by atoms with Gasteiger partial charge in [0.05, 0.1) is 4.92 Å². The van der Waals surface area contributed by atoms with E-state index in [-0.39, 0.29) is 15.8 Å². The molecule has 0 radical (unpaired) electrons. The second-order valence-corrected chi connectivity index (χ2v) is 6.00. The number of hydrogen-bond acceptors (Lipinski definition) is 4. The van der Waals surface area contributed by atoms with Gasteiger partial charge in [-0.05, 0) is 48.1 Å².